The summed E-state index contributed by atoms with van der Waals surface area (Å²) in [6.45, 7) is 0. The number of carbonyl (C=O) groups is 1. The average molecular weight is 299 g/mol. The molecule has 0 aliphatic carbocycles. The summed E-state index contributed by atoms with van der Waals surface area (Å²) in [5.41, 5.74) is 7.81. The fourth-order valence-corrected chi connectivity index (χ4v) is 1.77. The number of aromatic amines is 1. The number of nitrogens with one attached hydrogen (secondary N) is 1. The van der Waals surface area contributed by atoms with E-state index in [1.165, 1.54) is 7.11 Å². The van der Waals surface area contributed by atoms with Crippen LogP contribution in [0.15, 0.2) is 30.5 Å². The second kappa shape index (κ2) is 5.84. The number of ether oxygens (including phenoxy) is 1. The molecule has 1 aromatic carbocycles. The number of nitrogens with two attached hydrogens (primary N) is 1. The van der Waals surface area contributed by atoms with Gasteiger partial charge in [-0.2, -0.15) is 0 Å². The third-order valence-corrected chi connectivity index (χ3v) is 2.62. The van der Waals surface area contributed by atoms with Crippen molar-refractivity contribution in [1.29, 1.82) is 0 Å². The summed E-state index contributed by atoms with van der Waals surface area (Å²) in [5.74, 6) is -0.384. The summed E-state index contributed by atoms with van der Waals surface area (Å²) in [7, 11) is 1.34. The Hall–Kier alpha value is -1.33. The Morgan fingerprint density at radius 3 is 2.88 bits per heavy atom. The molecule has 3 N–H and O–H groups in total. The zero-order valence-electron chi connectivity index (χ0n) is 9.47. The molecule has 2 aromatic rings. The van der Waals surface area contributed by atoms with E-state index in [0.717, 1.165) is 16.5 Å². The lowest BCUT2D eigenvalue weighted by molar-refractivity contribution is -0.142. The third-order valence-electron chi connectivity index (χ3n) is 2.62. The van der Waals surface area contributed by atoms with E-state index in [1.54, 1.807) is 0 Å². The lowest BCUT2D eigenvalue weighted by Gasteiger charge is -2.07. The highest BCUT2D eigenvalue weighted by Gasteiger charge is 2.16. The summed E-state index contributed by atoms with van der Waals surface area (Å²) in [4.78, 5) is 14.4. The van der Waals surface area contributed by atoms with E-state index in [9.17, 15) is 4.79 Å². The summed E-state index contributed by atoms with van der Waals surface area (Å²) < 4.78 is 4.60. The monoisotopic (exact) mass is 298 g/mol. The highest BCUT2D eigenvalue weighted by molar-refractivity contribution is 8.93. The van der Waals surface area contributed by atoms with Crippen LogP contribution in [0.4, 0.5) is 0 Å². The van der Waals surface area contributed by atoms with Crippen LogP contribution < -0.4 is 5.73 Å². The zero-order chi connectivity index (χ0) is 11.5. The number of rotatable bonds is 3. The standard InChI is InChI=1S/C12H14N2O2.BrH/c1-16-12(15)10(13)6-8-7-14-11-5-3-2-4-9(8)11;/h2-5,7,10,14H,6,13H2,1H3;1H/t10-;/m0./s1. The fourth-order valence-electron chi connectivity index (χ4n) is 1.77. The van der Waals surface area contributed by atoms with Gasteiger partial charge in [0.1, 0.15) is 6.04 Å². The summed E-state index contributed by atoms with van der Waals surface area (Å²) in [6.07, 6.45) is 2.37. The average Bonchev–Trinajstić information content (AvgIpc) is 2.72. The van der Waals surface area contributed by atoms with Gasteiger partial charge in [0.05, 0.1) is 7.11 Å². The number of benzene rings is 1. The van der Waals surface area contributed by atoms with Crippen molar-refractivity contribution in [2.45, 2.75) is 12.5 Å². The molecule has 1 aromatic heterocycles. The van der Waals surface area contributed by atoms with E-state index >= 15 is 0 Å². The Morgan fingerprint density at radius 2 is 2.18 bits per heavy atom. The van der Waals surface area contributed by atoms with Crippen LogP contribution >= 0.6 is 17.0 Å². The first-order chi connectivity index (χ1) is 7.72. The number of methoxy groups -OCH3 is 1. The molecule has 92 valence electrons. The van der Waals surface area contributed by atoms with Gasteiger partial charge in [0.2, 0.25) is 0 Å². The SMILES string of the molecule is Br.COC(=O)[C@@H](N)Cc1c[nH]c2ccccc12. The van der Waals surface area contributed by atoms with Crippen LogP contribution in [0, 0.1) is 0 Å². The molecule has 0 saturated heterocycles. The molecule has 0 bridgehead atoms. The van der Waals surface area contributed by atoms with E-state index in [-0.39, 0.29) is 23.0 Å². The van der Waals surface area contributed by atoms with Gasteiger partial charge in [0.15, 0.2) is 0 Å². The van der Waals surface area contributed by atoms with Crippen molar-refractivity contribution in [2.75, 3.05) is 7.11 Å². The lowest BCUT2D eigenvalue weighted by atomic mass is 10.1. The topological polar surface area (TPSA) is 68.1 Å². The van der Waals surface area contributed by atoms with Gasteiger partial charge in [-0.1, -0.05) is 18.2 Å². The van der Waals surface area contributed by atoms with Crippen molar-refractivity contribution in [2.24, 2.45) is 5.73 Å². The lowest BCUT2D eigenvalue weighted by Crippen LogP contribution is -2.33. The molecule has 17 heavy (non-hydrogen) atoms. The minimum absolute atomic E-state index is 0. The first kappa shape index (κ1) is 13.7. The molecule has 2 rings (SSSR count). The van der Waals surface area contributed by atoms with Crippen molar-refractivity contribution in [3.05, 3.63) is 36.0 Å². The van der Waals surface area contributed by atoms with Crippen LogP contribution in [-0.4, -0.2) is 24.1 Å². The largest absolute Gasteiger partial charge is 0.468 e. The Balaban J connectivity index is 0.00000144. The van der Waals surface area contributed by atoms with Gasteiger partial charge < -0.3 is 15.5 Å². The van der Waals surface area contributed by atoms with Gasteiger partial charge in [-0.25, -0.2) is 0 Å². The van der Waals surface area contributed by atoms with E-state index in [1.807, 2.05) is 30.5 Å². The minimum atomic E-state index is -0.607. The molecule has 0 amide bonds. The van der Waals surface area contributed by atoms with Crippen molar-refractivity contribution in [1.82, 2.24) is 4.98 Å². The molecule has 1 atom stereocenters. The Labute approximate surface area is 110 Å². The van der Waals surface area contributed by atoms with E-state index in [2.05, 4.69) is 9.72 Å². The maximum absolute atomic E-state index is 11.2. The number of carbonyl (C=O) groups excluding carboxylic acids is 1. The van der Waals surface area contributed by atoms with Gasteiger partial charge in [-0.05, 0) is 11.6 Å². The summed E-state index contributed by atoms with van der Waals surface area (Å²) >= 11 is 0. The highest BCUT2D eigenvalue weighted by atomic mass is 79.9. The van der Waals surface area contributed by atoms with Gasteiger partial charge in [0, 0.05) is 23.5 Å². The second-order valence-electron chi connectivity index (χ2n) is 3.69. The maximum Gasteiger partial charge on any atom is 0.322 e. The smallest absolute Gasteiger partial charge is 0.322 e. The third kappa shape index (κ3) is 2.87. The van der Waals surface area contributed by atoms with E-state index in [0.29, 0.717) is 6.42 Å². The Bertz CT molecular complexity index is 510. The molecule has 0 saturated carbocycles. The Morgan fingerprint density at radius 1 is 1.47 bits per heavy atom. The van der Waals surface area contributed by atoms with Crippen molar-refractivity contribution in [3.8, 4) is 0 Å². The normalized spacial score (nSPS) is 11.9. The number of hydrogen-bond donors (Lipinski definition) is 2. The minimum Gasteiger partial charge on any atom is -0.468 e. The molecule has 0 unspecified atom stereocenters. The summed E-state index contributed by atoms with van der Waals surface area (Å²) in [6, 6.07) is 7.31. The van der Waals surface area contributed by atoms with Crippen LogP contribution in [0.2, 0.25) is 0 Å². The molecule has 1 heterocycles. The van der Waals surface area contributed by atoms with Crippen molar-refractivity contribution < 1.29 is 9.53 Å². The number of halogens is 1. The van der Waals surface area contributed by atoms with Gasteiger partial charge in [0.25, 0.3) is 0 Å². The molecule has 0 aliphatic heterocycles. The molecule has 0 aliphatic rings. The highest BCUT2D eigenvalue weighted by Crippen LogP contribution is 2.18. The first-order valence-electron chi connectivity index (χ1n) is 5.11. The van der Waals surface area contributed by atoms with Crippen molar-refractivity contribution >= 4 is 33.9 Å². The molecular weight excluding hydrogens is 284 g/mol. The zero-order valence-corrected chi connectivity index (χ0v) is 11.2. The molecule has 0 fully saturated rings. The molecule has 0 spiro atoms. The predicted molar refractivity (Wildman–Crippen MR) is 72.3 cm³/mol. The predicted octanol–water partition coefficient (Wildman–Crippen LogP) is 1.79. The summed E-state index contributed by atoms with van der Waals surface area (Å²) in [5, 5.41) is 1.10. The van der Waals surface area contributed by atoms with E-state index < -0.39 is 6.04 Å². The Kier molecular flexibility index (Phi) is 4.72. The number of aromatic nitrogens is 1. The number of fused-ring (bicyclic) bond motifs is 1. The number of H-pyrrole nitrogens is 1. The first-order valence-corrected chi connectivity index (χ1v) is 5.11. The quantitative estimate of drug-likeness (QED) is 0.849. The van der Waals surface area contributed by atoms with E-state index in [4.69, 9.17) is 5.73 Å². The van der Waals surface area contributed by atoms with Crippen LogP contribution in [0.1, 0.15) is 5.56 Å². The maximum atomic E-state index is 11.2. The molecule has 5 heteroatoms. The number of esters is 1. The molecule has 0 radical (unpaired) electrons. The number of hydrogen-bond acceptors (Lipinski definition) is 3. The van der Waals surface area contributed by atoms with Crippen LogP contribution in [0.5, 0.6) is 0 Å². The van der Waals surface area contributed by atoms with Gasteiger partial charge in [-0.15, -0.1) is 17.0 Å². The van der Waals surface area contributed by atoms with Gasteiger partial charge in [-0.3, -0.25) is 4.79 Å². The molecule has 4 nitrogen and oxygen atoms in total. The number of para-hydroxylation sites is 1. The van der Waals surface area contributed by atoms with Gasteiger partial charge >= 0.3 is 5.97 Å². The van der Waals surface area contributed by atoms with Crippen LogP contribution in [-0.2, 0) is 16.0 Å². The molecular formula is C12H15BrN2O2. The fraction of sp³-hybridized carbons (Fsp3) is 0.250. The van der Waals surface area contributed by atoms with Crippen molar-refractivity contribution in [3.63, 3.8) is 0 Å². The van der Waals surface area contributed by atoms with Crippen LogP contribution in [0.25, 0.3) is 10.9 Å². The van der Waals surface area contributed by atoms with Crippen LogP contribution in [0.3, 0.4) is 0 Å². The second-order valence-corrected chi connectivity index (χ2v) is 3.69.